The summed E-state index contributed by atoms with van der Waals surface area (Å²) < 4.78 is 6.01. The van der Waals surface area contributed by atoms with Gasteiger partial charge in [0.05, 0.1) is 18.1 Å². The molecule has 0 aromatic heterocycles. The molecule has 3 rings (SSSR count). The standard InChI is InChI=1S/C18H18O4/c1-11(12-5-3-2-4-6-12)22-17-10-13(19)9-14-15(20)7-8-16(21)18(14)17/h2-8,11,14,17-18H,9-10H2,1H3/t11-,14+,17+,18-/m1/s1. The highest BCUT2D eigenvalue weighted by molar-refractivity contribution is 6.09. The summed E-state index contributed by atoms with van der Waals surface area (Å²) in [4.78, 5) is 36.1. The van der Waals surface area contributed by atoms with Gasteiger partial charge in [0.2, 0.25) is 0 Å². The molecule has 0 heterocycles. The van der Waals surface area contributed by atoms with Crippen LogP contribution in [0.25, 0.3) is 0 Å². The number of ether oxygens (including phenoxy) is 1. The molecule has 22 heavy (non-hydrogen) atoms. The minimum atomic E-state index is -0.549. The zero-order valence-electron chi connectivity index (χ0n) is 12.4. The van der Waals surface area contributed by atoms with Crippen LogP contribution in [0.1, 0.15) is 31.4 Å². The van der Waals surface area contributed by atoms with Gasteiger partial charge in [-0.3, -0.25) is 14.4 Å². The van der Waals surface area contributed by atoms with Crippen LogP contribution in [0.3, 0.4) is 0 Å². The lowest BCUT2D eigenvalue weighted by Crippen LogP contribution is -2.47. The van der Waals surface area contributed by atoms with E-state index >= 15 is 0 Å². The number of hydrogen-bond donors (Lipinski definition) is 0. The minimum absolute atomic E-state index is 0.0111. The Kier molecular flexibility index (Phi) is 4.03. The van der Waals surface area contributed by atoms with Crippen molar-refractivity contribution in [3.8, 4) is 0 Å². The van der Waals surface area contributed by atoms with Crippen molar-refractivity contribution in [2.24, 2.45) is 11.8 Å². The zero-order chi connectivity index (χ0) is 15.7. The van der Waals surface area contributed by atoms with Gasteiger partial charge >= 0.3 is 0 Å². The molecule has 0 N–H and O–H groups in total. The first-order chi connectivity index (χ1) is 10.6. The van der Waals surface area contributed by atoms with Crippen LogP contribution < -0.4 is 0 Å². The first kappa shape index (κ1) is 14.9. The van der Waals surface area contributed by atoms with Crippen molar-refractivity contribution < 1.29 is 19.1 Å². The summed E-state index contributed by atoms with van der Waals surface area (Å²) in [5.74, 6) is -1.34. The predicted molar refractivity (Wildman–Crippen MR) is 80.1 cm³/mol. The van der Waals surface area contributed by atoms with Gasteiger partial charge in [0, 0.05) is 18.8 Å². The van der Waals surface area contributed by atoms with Crippen LogP contribution in [0.4, 0.5) is 0 Å². The van der Waals surface area contributed by atoms with Crippen molar-refractivity contribution in [1.82, 2.24) is 0 Å². The molecule has 0 spiro atoms. The van der Waals surface area contributed by atoms with E-state index in [1.54, 1.807) is 0 Å². The summed E-state index contributed by atoms with van der Waals surface area (Å²) in [5.41, 5.74) is 0.988. The first-order valence-corrected chi connectivity index (χ1v) is 7.54. The molecule has 0 bridgehead atoms. The van der Waals surface area contributed by atoms with Gasteiger partial charge in [-0.2, -0.15) is 0 Å². The highest BCUT2D eigenvalue weighted by Gasteiger charge is 2.46. The van der Waals surface area contributed by atoms with Gasteiger partial charge < -0.3 is 4.74 Å². The number of hydrogen-bond acceptors (Lipinski definition) is 4. The molecule has 4 heteroatoms. The van der Waals surface area contributed by atoms with Gasteiger partial charge in [0.15, 0.2) is 11.6 Å². The molecular formula is C18H18O4. The van der Waals surface area contributed by atoms with E-state index in [0.717, 1.165) is 5.56 Å². The third-order valence-electron chi connectivity index (χ3n) is 4.46. The molecule has 1 fully saturated rings. The van der Waals surface area contributed by atoms with Crippen LogP contribution in [0.5, 0.6) is 0 Å². The molecule has 114 valence electrons. The molecule has 1 saturated carbocycles. The Bertz CT molecular complexity index is 632. The number of carbonyl (C=O) groups is 3. The topological polar surface area (TPSA) is 60.4 Å². The lowest BCUT2D eigenvalue weighted by molar-refractivity contribution is -0.149. The average Bonchev–Trinajstić information content (AvgIpc) is 2.51. The highest BCUT2D eigenvalue weighted by atomic mass is 16.5. The van der Waals surface area contributed by atoms with E-state index in [0.29, 0.717) is 0 Å². The molecule has 0 amide bonds. The normalized spacial score (nSPS) is 29.3. The lowest BCUT2D eigenvalue weighted by atomic mass is 9.70. The second kappa shape index (κ2) is 5.97. The third-order valence-corrected chi connectivity index (χ3v) is 4.46. The predicted octanol–water partition coefficient (Wildman–Crippen LogP) is 2.44. The largest absolute Gasteiger partial charge is 0.369 e. The molecular weight excluding hydrogens is 280 g/mol. The Hall–Kier alpha value is -2.07. The fraction of sp³-hybridized carbons (Fsp3) is 0.389. The first-order valence-electron chi connectivity index (χ1n) is 7.54. The summed E-state index contributed by atoms with van der Waals surface area (Å²) in [6.45, 7) is 1.90. The summed E-state index contributed by atoms with van der Waals surface area (Å²) >= 11 is 0. The number of Topliss-reactive ketones (excluding diaryl/α,β-unsaturated/α-hetero) is 1. The summed E-state index contributed by atoms with van der Waals surface area (Å²) in [6.07, 6.45) is 2.21. The van der Waals surface area contributed by atoms with Crippen LogP contribution in [0.15, 0.2) is 42.5 Å². The zero-order valence-corrected chi connectivity index (χ0v) is 12.4. The fourth-order valence-corrected chi connectivity index (χ4v) is 3.32. The SMILES string of the molecule is C[C@@H](O[C@H]1CC(=O)C[C@H]2C(=O)C=CC(=O)[C@H]12)c1ccccc1. The maximum absolute atomic E-state index is 12.2. The van der Waals surface area contributed by atoms with E-state index in [2.05, 4.69) is 0 Å². The second-order valence-electron chi connectivity index (χ2n) is 5.94. The van der Waals surface area contributed by atoms with Crippen LogP contribution in [0, 0.1) is 11.8 Å². The highest BCUT2D eigenvalue weighted by Crippen LogP contribution is 2.37. The Labute approximate surface area is 129 Å². The van der Waals surface area contributed by atoms with E-state index in [4.69, 9.17) is 4.74 Å². The molecule has 0 saturated heterocycles. The van der Waals surface area contributed by atoms with Gasteiger partial charge in [-0.1, -0.05) is 30.3 Å². The minimum Gasteiger partial charge on any atom is -0.369 e. The maximum Gasteiger partial charge on any atom is 0.162 e. The number of fused-ring (bicyclic) bond motifs is 1. The quantitative estimate of drug-likeness (QED) is 0.860. The Morgan fingerprint density at radius 2 is 1.68 bits per heavy atom. The molecule has 4 nitrogen and oxygen atoms in total. The second-order valence-corrected chi connectivity index (χ2v) is 5.94. The van der Waals surface area contributed by atoms with Gasteiger partial charge in [-0.05, 0) is 24.6 Å². The van der Waals surface area contributed by atoms with Crippen molar-refractivity contribution in [1.29, 1.82) is 0 Å². The average molecular weight is 298 g/mol. The molecule has 0 radical (unpaired) electrons. The van der Waals surface area contributed by atoms with Gasteiger partial charge in [0.1, 0.15) is 5.78 Å². The van der Waals surface area contributed by atoms with Crippen LogP contribution in [-0.2, 0) is 19.1 Å². The van der Waals surface area contributed by atoms with E-state index in [9.17, 15) is 14.4 Å². The number of allylic oxidation sites excluding steroid dienone is 2. The molecule has 1 aromatic rings. The molecule has 2 aliphatic carbocycles. The monoisotopic (exact) mass is 298 g/mol. The third kappa shape index (κ3) is 2.79. The van der Waals surface area contributed by atoms with Gasteiger partial charge in [-0.15, -0.1) is 0 Å². The Morgan fingerprint density at radius 1 is 1.00 bits per heavy atom. The Morgan fingerprint density at radius 3 is 2.41 bits per heavy atom. The van der Waals surface area contributed by atoms with E-state index in [-0.39, 0.29) is 36.3 Å². The van der Waals surface area contributed by atoms with E-state index in [1.807, 2.05) is 37.3 Å². The maximum atomic E-state index is 12.2. The van der Waals surface area contributed by atoms with Gasteiger partial charge in [-0.25, -0.2) is 0 Å². The molecule has 1 aromatic carbocycles. The summed E-state index contributed by atoms with van der Waals surface area (Å²) in [6, 6.07) is 9.65. The number of carbonyl (C=O) groups excluding carboxylic acids is 3. The smallest absolute Gasteiger partial charge is 0.162 e. The summed E-state index contributed by atoms with van der Waals surface area (Å²) in [5, 5.41) is 0. The number of ketones is 3. The van der Waals surface area contributed by atoms with E-state index < -0.39 is 17.9 Å². The van der Waals surface area contributed by atoms with Crippen molar-refractivity contribution in [2.75, 3.05) is 0 Å². The fourth-order valence-electron chi connectivity index (χ4n) is 3.32. The Balaban J connectivity index is 1.82. The van der Waals surface area contributed by atoms with Gasteiger partial charge in [0.25, 0.3) is 0 Å². The lowest BCUT2D eigenvalue weighted by Gasteiger charge is -2.37. The van der Waals surface area contributed by atoms with Crippen LogP contribution in [0.2, 0.25) is 0 Å². The molecule has 2 aliphatic rings. The molecule has 0 aliphatic heterocycles. The van der Waals surface area contributed by atoms with Crippen molar-refractivity contribution >= 4 is 17.3 Å². The van der Waals surface area contributed by atoms with Crippen LogP contribution >= 0.6 is 0 Å². The van der Waals surface area contributed by atoms with Crippen molar-refractivity contribution in [3.05, 3.63) is 48.0 Å². The van der Waals surface area contributed by atoms with Crippen molar-refractivity contribution in [3.63, 3.8) is 0 Å². The molecule has 0 unspecified atom stereocenters. The molecule has 4 atom stereocenters. The van der Waals surface area contributed by atoms with E-state index in [1.165, 1.54) is 12.2 Å². The van der Waals surface area contributed by atoms with Crippen molar-refractivity contribution in [2.45, 2.75) is 32.0 Å². The number of rotatable bonds is 3. The number of benzene rings is 1. The van der Waals surface area contributed by atoms with Crippen LogP contribution in [-0.4, -0.2) is 23.5 Å². The summed E-state index contributed by atoms with van der Waals surface area (Å²) in [7, 11) is 0.